The first-order chi connectivity index (χ1) is 8.77. The van der Waals surface area contributed by atoms with Gasteiger partial charge in [-0.2, -0.15) is 0 Å². The van der Waals surface area contributed by atoms with Gasteiger partial charge in [0.1, 0.15) is 0 Å². The van der Waals surface area contributed by atoms with Crippen molar-refractivity contribution in [2.24, 2.45) is 5.41 Å². The zero-order valence-corrected chi connectivity index (χ0v) is 11.3. The topological polar surface area (TPSA) is 60.5 Å². The molecule has 6 heteroatoms. The molecular weight excluding hydrogens is 252 g/mol. The Balaban J connectivity index is 1.91. The Morgan fingerprint density at radius 1 is 1.61 bits per heavy atom. The van der Waals surface area contributed by atoms with Gasteiger partial charge in [0, 0.05) is 31.7 Å². The zero-order chi connectivity index (χ0) is 12.8. The molecule has 1 fully saturated rings. The zero-order valence-electron chi connectivity index (χ0n) is 10.5. The van der Waals surface area contributed by atoms with Crippen LogP contribution in [0.25, 0.3) is 0 Å². The number of rotatable bonds is 5. The first-order valence-corrected chi connectivity index (χ1v) is 6.95. The largest absolute Gasteiger partial charge is 0.469 e. The Labute approximate surface area is 111 Å². The Hall–Kier alpha value is -0.980. The predicted octanol–water partition coefficient (Wildman–Crippen LogP) is 1.20. The van der Waals surface area contributed by atoms with Crippen molar-refractivity contribution in [2.75, 3.05) is 26.9 Å². The van der Waals surface area contributed by atoms with Crippen LogP contribution in [0.3, 0.4) is 0 Å². The van der Waals surface area contributed by atoms with Crippen molar-refractivity contribution >= 4 is 17.3 Å². The molecule has 1 N–H and O–H groups in total. The van der Waals surface area contributed by atoms with E-state index in [0.29, 0.717) is 39.1 Å². The number of aromatic nitrogens is 1. The van der Waals surface area contributed by atoms with E-state index in [1.807, 2.05) is 10.9 Å². The first kappa shape index (κ1) is 13.5. The van der Waals surface area contributed by atoms with E-state index >= 15 is 0 Å². The van der Waals surface area contributed by atoms with Crippen LogP contribution in [0.4, 0.5) is 0 Å². The molecule has 2 rings (SSSR count). The van der Waals surface area contributed by atoms with Crippen LogP contribution in [0.2, 0.25) is 0 Å². The molecule has 0 unspecified atom stereocenters. The van der Waals surface area contributed by atoms with Gasteiger partial charge in [0.15, 0.2) is 0 Å². The van der Waals surface area contributed by atoms with Crippen LogP contribution in [0, 0.1) is 5.41 Å². The van der Waals surface area contributed by atoms with Gasteiger partial charge >= 0.3 is 5.97 Å². The molecule has 0 saturated carbocycles. The third-order valence-electron chi connectivity index (χ3n) is 3.32. The molecule has 0 aromatic carbocycles. The molecule has 0 amide bonds. The summed E-state index contributed by atoms with van der Waals surface area (Å²) in [6.07, 6.45) is 1.42. The number of thiazole rings is 1. The highest BCUT2D eigenvalue weighted by molar-refractivity contribution is 7.07. The molecule has 1 aliphatic rings. The Morgan fingerprint density at radius 3 is 3.00 bits per heavy atom. The average Bonchev–Trinajstić information content (AvgIpc) is 2.92. The van der Waals surface area contributed by atoms with Gasteiger partial charge in [-0.15, -0.1) is 11.3 Å². The van der Waals surface area contributed by atoms with E-state index in [-0.39, 0.29) is 5.97 Å². The number of ether oxygens (including phenoxy) is 2. The third kappa shape index (κ3) is 3.07. The summed E-state index contributed by atoms with van der Waals surface area (Å²) in [5.41, 5.74) is 2.37. The number of hydrogen-bond donors (Lipinski definition) is 1. The van der Waals surface area contributed by atoms with Gasteiger partial charge in [-0.25, -0.2) is 4.98 Å². The Morgan fingerprint density at radius 2 is 2.39 bits per heavy atom. The van der Waals surface area contributed by atoms with Crippen LogP contribution < -0.4 is 5.32 Å². The van der Waals surface area contributed by atoms with E-state index in [4.69, 9.17) is 9.47 Å². The monoisotopic (exact) mass is 270 g/mol. The molecule has 2 heterocycles. The third-order valence-corrected chi connectivity index (χ3v) is 3.96. The van der Waals surface area contributed by atoms with Crippen LogP contribution in [0.5, 0.6) is 0 Å². The van der Waals surface area contributed by atoms with Crippen molar-refractivity contribution in [3.8, 4) is 0 Å². The lowest BCUT2D eigenvalue weighted by atomic mass is 9.80. The minimum Gasteiger partial charge on any atom is -0.469 e. The number of hydrogen-bond acceptors (Lipinski definition) is 6. The van der Waals surface area contributed by atoms with Crippen molar-refractivity contribution in [3.63, 3.8) is 0 Å². The predicted molar refractivity (Wildman–Crippen MR) is 68.3 cm³/mol. The van der Waals surface area contributed by atoms with Crippen LogP contribution in [0.15, 0.2) is 10.9 Å². The van der Waals surface area contributed by atoms with E-state index in [9.17, 15) is 4.79 Å². The number of nitrogens with one attached hydrogen (secondary N) is 1. The van der Waals surface area contributed by atoms with Gasteiger partial charge < -0.3 is 14.8 Å². The summed E-state index contributed by atoms with van der Waals surface area (Å²) in [7, 11) is 1.44. The fourth-order valence-corrected chi connectivity index (χ4v) is 2.74. The van der Waals surface area contributed by atoms with Crippen molar-refractivity contribution < 1.29 is 14.3 Å². The smallest absolute Gasteiger partial charge is 0.313 e. The molecule has 0 bridgehead atoms. The summed E-state index contributed by atoms with van der Waals surface area (Å²) in [5.74, 6) is -0.142. The minimum absolute atomic E-state index is 0.142. The second kappa shape index (κ2) is 6.26. The van der Waals surface area contributed by atoms with Gasteiger partial charge in [-0.1, -0.05) is 0 Å². The van der Waals surface area contributed by atoms with Crippen LogP contribution in [-0.2, 0) is 20.8 Å². The highest BCUT2D eigenvalue weighted by Gasteiger charge is 2.40. The lowest BCUT2D eigenvalue weighted by molar-refractivity contribution is -0.158. The van der Waals surface area contributed by atoms with E-state index < -0.39 is 5.41 Å². The quantitative estimate of drug-likeness (QED) is 0.815. The van der Waals surface area contributed by atoms with Crippen molar-refractivity contribution in [1.82, 2.24) is 10.3 Å². The summed E-state index contributed by atoms with van der Waals surface area (Å²) in [4.78, 5) is 16.2. The molecule has 1 aromatic heterocycles. The lowest BCUT2D eigenvalue weighted by Crippen LogP contribution is -2.45. The normalized spacial score (nSPS) is 18.5. The van der Waals surface area contributed by atoms with Gasteiger partial charge in [0.25, 0.3) is 0 Å². The molecule has 1 saturated heterocycles. The maximum Gasteiger partial charge on any atom is 0.313 e. The van der Waals surface area contributed by atoms with E-state index in [1.165, 1.54) is 7.11 Å². The average molecular weight is 270 g/mol. The summed E-state index contributed by atoms with van der Waals surface area (Å²) in [5, 5.41) is 5.30. The Bertz CT molecular complexity index is 375. The summed E-state index contributed by atoms with van der Waals surface area (Å²) >= 11 is 1.57. The number of carbonyl (C=O) groups excluding carboxylic acids is 1. The molecule has 0 atom stereocenters. The van der Waals surface area contributed by atoms with E-state index in [0.717, 1.165) is 5.69 Å². The maximum atomic E-state index is 11.9. The number of methoxy groups -OCH3 is 1. The highest BCUT2D eigenvalue weighted by Crippen LogP contribution is 2.31. The second-order valence-corrected chi connectivity index (χ2v) is 5.19. The van der Waals surface area contributed by atoms with Crippen LogP contribution in [-0.4, -0.2) is 37.8 Å². The molecule has 18 heavy (non-hydrogen) atoms. The van der Waals surface area contributed by atoms with Crippen LogP contribution >= 0.6 is 11.3 Å². The second-order valence-electron chi connectivity index (χ2n) is 4.47. The highest BCUT2D eigenvalue weighted by atomic mass is 32.1. The molecule has 100 valence electrons. The number of nitrogens with zero attached hydrogens (tertiary/aromatic N) is 1. The molecular formula is C12H18N2O3S. The standard InChI is InChI=1S/C12H18N2O3S/c1-16-11(15)12(2-4-17-5-3-12)8-13-6-10-7-18-9-14-10/h7,9,13H,2-6,8H2,1H3. The molecule has 0 spiro atoms. The van der Waals surface area contributed by atoms with E-state index in [1.54, 1.807) is 11.3 Å². The van der Waals surface area contributed by atoms with Gasteiger partial charge in [0.05, 0.1) is 23.7 Å². The fraction of sp³-hybridized carbons (Fsp3) is 0.667. The lowest BCUT2D eigenvalue weighted by Gasteiger charge is -2.34. The Kier molecular flexibility index (Phi) is 4.68. The number of esters is 1. The van der Waals surface area contributed by atoms with E-state index in [2.05, 4.69) is 10.3 Å². The van der Waals surface area contributed by atoms with Gasteiger partial charge in [0.2, 0.25) is 0 Å². The molecule has 0 radical (unpaired) electrons. The van der Waals surface area contributed by atoms with Crippen molar-refractivity contribution in [2.45, 2.75) is 19.4 Å². The van der Waals surface area contributed by atoms with Crippen LogP contribution in [0.1, 0.15) is 18.5 Å². The summed E-state index contributed by atoms with van der Waals surface area (Å²) in [6.45, 7) is 2.53. The minimum atomic E-state index is -0.441. The first-order valence-electron chi connectivity index (χ1n) is 6.01. The molecule has 1 aliphatic heterocycles. The van der Waals surface area contributed by atoms with Gasteiger partial charge in [-0.3, -0.25) is 4.79 Å². The van der Waals surface area contributed by atoms with Crippen molar-refractivity contribution in [1.29, 1.82) is 0 Å². The molecule has 5 nitrogen and oxygen atoms in total. The fourth-order valence-electron chi connectivity index (χ4n) is 2.19. The SMILES string of the molecule is COC(=O)C1(CNCc2cscn2)CCOCC1. The van der Waals surface area contributed by atoms with Crippen molar-refractivity contribution in [3.05, 3.63) is 16.6 Å². The summed E-state index contributed by atoms with van der Waals surface area (Å²) in [6, 6.07) is 0. The molecule has 1 aromatic rings. The maximum absolute atomic E-state index is 11.9. The summed E-state index contributed by atoms with van der Waals surface area (Å²) < 4.78 is 10.3. The molecule has 0 aliphatic carbocycles. The number of carbonyl (C=O) groups is 1. The van der Waals surface area contributed by atoms with Gasteiger partial charge in [-0.05, 0) is 12.8 Å².